The Kier molecular flexibility index (Phi) is 4.13. The van der Waals surface area contributed by atoms with Crippen LogP contribution in [0.3, 0.4) is 0 Å². The highest BCUT2D eigenvalue weighted by Gasteiger charge is 2.24. The first-order valence-corrected chi connectivity index (χ1v) is 7.50. The minimum Gasteiger partial charge on any atom is -0.454 e. The third-order valence-corrected chi connectivity index (χ3v) is 4.28. The topological polar surface area (TPSA) is 39.2 Å². The maximum Gasteiger partial charge on any atom is 0.340 e. The third kappa shape index (κ3) is 3.04. The van der Waals surface area contributed by atoms with Crippen LogP contribution in [-0.2, 0) is 11.2 Å². The number of hydrogen-bond acceptors (Lipinski definition) is 3. The molecule has 1 aromatic heterocycles. The van der Waals surface area contributed by atoms with E-state index in [1.54, 1.807) is 0 Å². The molecule has 2 aromatic rings. The number of nitrogens with zero attached hydrogens (tertiary/aromatic N) is 1. The molecule has 1 aliphatic carbocycles. The van der Waals surface area contributed by atoms with Crippen molar-refractivity contribution in [2.45, 2.75) is 25.4 Å². The molecule has 0 saturated heterocycles. The summed E-state index contributed by atoms with van der Waals surface area (Å²) in [4.78, 5) is 16.1. The number of fused-ring (bicyclic) bond motifs is 1. The van der Waals surface area contributed by atoms with Gasteiger partial charge in [0.15, 0.2) is 0 Å². The molecule has 0 aliphatic heterocycles. The fourth-order valence-electron chi connectivity index (χ4n) is 2.56. The molecule has 0 bridgehead atoms. The number of aryl methyl sites for hydroxylation is 1. The van der Waals surface area contributed by atoms with Crippen LogP contribution in [0, 0.1) is 0 Å². The molecule has 108 valence electrons. The zero-order chi connectivity index (χ0) is 14.8. The van der Waals surface area contributed by atoms with Crippen LogP contribution in [-0.4, -0.2) is 11.0 Å². The largest absolute Gasteiger partial charge is 0.454 e. The molecule has 21 heavy (non-hydrogen) atoms. The van der Waals surface area contributed by atoms with Crippen molar-refractivity contribution >= 4 is 29.2 Å². The quantitative estimate of drug-likeness (QED) is 0.598. The third-order valence-electron chi connectivity index (χ3n) is 3.60. The molecule has 5 heteroatoms. The molecule has 3 rings (SSSR count). The van der Waals surface area contributed by atoms with Crippen LogP contribution in [0.2, 0.25) is 10.2 Å². The number of aromatic nitrogens is 1. The van der Waals surface area contributed by atoms with Crippen LogP contribution in [0.15, 0.2) is 36.5 Å². The molecular weight excluding hydrogens is 309 g/mol. The summed E-state index contributed by atoms with van der Waals surface area (Å²) in [5.41, 5.74) is 2.64. The molecule has 0 N–H and O–H groups in total. The molecular formula is C16H13Cl2NO2. The molecule has 0 amide bonds. The Balaban J connectivity index is 1.81. The van der Waals surface area contributed by atoms with E-state index >= 15 is 0 Å². The van der Waals surface area contributed by atoms with Crippen molar-refractivity contribution in [3.8, 4) is 0 Å². The standard InChI is InChI=1S/C16H13Cl2NO2/c17-13-8-11(9-19-15(13)18)16(20)21-14-7-3-5-10-4-1-2-6-12(10)14/h1-2,4,6,8-9,14H,3,5,7H2. The van der Waals surface area contributed by atoms with E-state index in [0.717, 1.165) is 24.8 Å². The Morgan fingerprint density at radius 3 is 2.90 bits per heavy atom. The highest BCUT2D eigenvalue weighted by atomic mass is 35.5. The molecule has 3 nitrogen and oxygen atoms in total. The summed E-state index contributed by atoms with van der Waals surface area (Å²) < 4.78 is 5.62. The van der Waals surface area contributed by atoms with Crippen LogP contribution in [0.4, 0.5) is 0 Å². The Morgan fingerprint density at radius 1 is 1.29 bits per heavy atom. The lowest BCUT2D eigenvalue weighted by molar-refractivity contribution is 0.0256. The summed E-state index contributed by atoms with van der Waals surface area (Å²) in [6, 6.07) is 9.54. The van der Waals surface area contributed by atoms with Crippen LogP contribution in [0.25, 0.3) is 0 Å². The molecule has 1 heterocycles. The summed E-state index contributed by atoms with van der Waals surface area (Å²) in [6.07, 6.45) is 4.03. The molecule has 1 aliphatic rings. The van der Waals surface area contributed by atoms with Gasteiger partial charge in [0.1, 0.15) is 11.3 Å². The lowest BCUT2D eigenvalue weighted by Crippen LogP contribution is -2.17. The first-order chi connectivity index (χ1) is 10.1. The predicted molar refractivity (Wildman–Crippen MR) is 81.8 cm³/mol. The second kappa shape index (κ2) is 6.04. The molecule has 1 aromatic carbocycles. The first-order valence-electron chi connectivity index (χ1n) is 6.75. The van der Waals surface area contributed by atoms with E-state index in [1.165, 1.54) is 17.8 Å². The van der Waals surface area contributed by atoms with E-state index in [9.17, 15) is 4.79 Å². The minimum atomic E-state index is -0.428. The second-order valence-electron chi connectivity index (χ2n) is 4.98. The zero-order valence-corrected chi connectivity index (χ0v) is 12.7. The molecule has 0 fully saturated rings. The highest BCUT2D eigenvalue weighted by Crippen LogP contribution is 2.33. The van der Waals surface area contributed by atoms with Crippen molar-refractivity contribution in [2.75, 3.05) is 0 Å². The number of ether oxygens (including phenoxy) is 1. The zero-order valence-electron chi connectivity index (χ0n) is 11.2. The van der Waals surface area contributed by atoms with Crippen molar-refractivity contribution in [1.82, 2.24) is 4.98 Å². The number of benzene rings is 1. The van der Waals surface area contributed by atoms with Crippen LogP contribution in [0.1, 0.15) is 40.4 Å². The molecule has 0 radical (unpaired) electrons. The van der Waals surface area contributed by atoms with Crippen LogP contribution in [0.5, 0.6) is 0 Å². The van der Waals surface area contributed by atoms with Crippen molar-refractivity contribution in [3.63, 3.8) is 0 Å². The Labute approximate surface area is 132 Å². The Morgan fingerprint density at radius 2 is 2.10 bits per heavy atom. The van der Waals surface area contributed by atoms with Crippen molar-refractivity contribution < 1.29 is 9.53 Å². The van der Waals surface area contributed by atoms with Gasteiger partial charge in [0.05, 0.1) is 10.6 Å². The summed E-state index contributed by atoms with van der Waals surface area (Å²) in [7, 11) is 0. The monoisotopic (exact) mass is 321 g/mol. The minimum absolute atomic E-state index is 0.177. The molecule has 0 spiro atoms. The molecule has 1 unspecified atom stereocenters. The highest BCUT2D eigenvalue weighted by molar-refractivity contribution is 6.41. The smallest absolute Gasteiger partial charge is 0.340 e. The van der Waals surface area contributed by atoms with E-state index in [2.05, 4.69) is 11.1 Å². The van der Waals surface area contributed by atoms with Crippen molar-refractivity contribution in [1.29, 1.82) is 0 Å². The van der Waals surface area contributed by atoms with Crippen LogP contribution < -0.4 is 0 Å². The lowest BCUT2D eigenvalue weighted by Gasteiger charge is -2.25. The maximum absolute atomic E-state index is 12.2. The van der Waals surface area contributed by atoms with Crippen LogP contribution >= 0.6 is 23.2 Å². The van der Waals surface area contributed by atoms with Gasteiger partial charge in [0, 0.05) is 6.20 Å². The number of carbonyl (C=O) groups excluding carboxylic acids is 1. The second-order valence-corrected chi connectivity index (χ2v) is 5.75. The van der Waals surface area contributed by atoms with Gasteiger partial charge in [-0.1, -0.05) is 47.5 Å². The summed E-state index contributed by atoms with van der Waals surface area (Å²) in [5, 5.41) is 0.423. The number of halogens is 2. The van der Waals surface area contributed by atoms with Gasteiger partial charge in [-0.15, -0.1) is 0 Å². The van der Waals surface area contributed by atoms with E-state index < -0.39 is 5.97 Å². The average Bonchev–Trinajstić information content (AvgIpc) is 2.50. The fraction of sp³-hybridized carbons (Fsp3) is 0.250. The summed E-state index contributed by atoms with van der Waals surface area (Å²) >= 11 is 11.6. The van der Waals surface area contributed by atoms with Gasteiger partial charge in [0.25, 0.3) is 0 Å². The molecule has 0 saturated carbocycles. The molecule has 1 atom stereocenters. The van der Waals surface area contributed by atoms with E-state index in [4.69, 9.17) is 27.9 Å². The van der Waals surface area contributed by atoms with E-state index in [0.29, 0.717) is 5.56 Å². The van der Waals surface area contributed by atoms with Gasteiger partial charge in [0.2, 0.25) is 0 Å². The lowest BCUT2D eigenvalue weighted by atomic mass is 9.89. The van der Waals surface area contributed by atoms with Gasteiger partial charge < -0.3 is 4.74 Å². The number of rotatable bonds is 2. The number of hydrogen-bond donors (Lipinski definition) is 0. The van der Waals surface area contributed by atoms with E-state index in [-0.39, 0.29) is 16.3 Å². The fourth-order valence-corrected chi connectivity index (χ4v) is 2.83. The number of carbonyl (C=O) groups is 1. The number of pyridine rings is 1. The van der Waals surface area contributed by atoms with Gasteiger partial charge in [-0.3, -0.25) is 0 Å². The number of esters is 1. The normalized spacial score (nSPS) is 17.1. The Bertz CT molecular complexity index is 688. The first kappa shape index (κ1) is 14.4. The van der Waals surface area contributed by atoms with Crippen molar-refractivity contribution in [2.24, 2.45) is 0 Å². The van der Waals surface area contributed by atoms with Gasteiger partial charge >= 0.3 is 5.97 Å². The SMILES string of the molecule is O=C(OC1CCCc2ccccc21)c1cnc(Cl)c(Cl)c1. The average molecular weight is 322 g/mol. The predicted octanol–water partition coefficient (Wildman–Crippen LogP) is 4.62. The van der Waals surface area contributed by atoms with Crippen molar-refractivity contribution in [3.05, 3.63) is 63.4 Å². The Hall–Kier alpha value is -1.58. The maximum atomic E-state index is 12.2. The van der Waals surface area contributed by atoms with E-state index in [1.807, 2.05) is 18.2 Å². The summed E-state index contributed by atoms with van der Waals surface area (Å²) in [5.74, 6) is -0.428. The van der Waals surface area contributed by atoms with Gasteiger partial charge in [-0.05, 0) is 36.5 Å². The van der Waals surface area contributed by atoms with Gasteiger partial charge in [-0.25, -0.2) is 9.78 Å². The summed E-state index contributed by atoms with van der Waals surface area (Å²) in [6.45, 7) is 0. The van der Waals surface area contributed by atoms with Gasteiger partial charge in [-0.2, -0.15) is 0 Å².